The summed E-state index contributed by atoms with van der Waals surface area (Å²) in [5, 5.41) is 3.29. The first-order valence-corrected chi connectivity index (χ1v) is 10.4. The number of nitrogens with zero attached hydrogens (tertiary/aromatic N) is 7. The Morgan fingerprint density at radius 2 is 1.87 bits per heavy atom. The number of para-hydroxylation sites is 1. The van der Waals surface area contributed by atoms with E-state index in [1.54, 1.807) is 18.2 Å². The highest BCUT2D eigenvalue weighted by molar-refractivity contribution is 5.78. The second-order valence-electron chi connectivity index (χ2n) is 7.77. The van der Waals surface area contributed by atoms with Gasteiger partial charge in [0.15, 0.2) is 5.82 Å². The summed E-state index contributed by atoms with van der Waals surface area (Å²) in [6.07, 6.45) is 4.84. The molecule has 3 aromatic rings. The van der Waals surface area contributed by atoms with Crippen molar-refractivity contribution in [1.29, 1.82) is 0 Å². The van der Waals surface area contributed by atoms with Crippen LogP contribution in [-0.2, 0) is 17.9 Å². The molecule has 0 unspecified atom stereocenters. The van der Waals surface area contributed by atoms with Gasteiger partial charge in [0.25, 0.3) is 5.56 Å². The largest absolute Gasteiger partial charge is 0.347 e. The summed E-state index contributed by atoms with van der Waals surface area (Å²) in [5.74, 6) is 1.36. The molecular formula is C21H26N8O2. The quantitative estimate of drug-likeness (QED) is 0.626. The van der Waals surface area contributed by atoms with Gasteiger partial charge >= 0.3 is 0 Å². The van der Waals surface area contributed by atoms with Gasteiger partial charge in [-0.2, -0.15) is 15.0 Å². The van der Waals surface area contributed by atoms with Gasteiger partial charge in [-0.15, -0.1) is 0 Å². The molecular weight excluding hydrogens is 396 g/mol. The lowest BCUT2D eigenvalue weighted by atomic mass is 10.1. The minimum Gasteiger partial charge on any atom is -0.347 e. The summed E-state index contributed by atoms with van der Waals surface area (Å²) in [7, 11) is 3.74. The molecule has 0 radical (unpaired) electrons. The van der Waals surface area contributed by atoms with Crippen LogP contribution in [0.2, 0.25) is 0 Å². The highest BCUT2D eigenvalue weighted by Gasteiger charge is 2.17. The molecule has 10 heteroatoms. The lowest BCUT2D eigenvalue weighted by Gasteiger charge is -2.27. The van der Waals surface area contributed by atoms with Crippen molar-refractivity contribution < 1.29 is 4.79 Å². The summed E-state index contributed by atoms with van der Waals surface area (Å²) in [5.41, 5.74) is 0.360. The molecule has 0 spiro atoms. The van der Waals surface area contributed by atoms with Crippen molar-refractivity contribution in [2.45, 2.75) is 32.4 Å². The highest BCUT2D eigenvalue weighted by atomic mass is 16.2. The van der Waals surface area contributed by atoms with Crippen LogP contribution in [0.1, 0.15) is 25.1 Å². The molecule has 1 saturated heterocycles. The van der Waals surface area contributed by atoms with Crippen LogP contribution in [0.3, 0.4) is 0 Å². The molecule has 3 heterocycles. The lowest BCUT2D eigenvalue weighted by Crippen LogP contribution is -2.34. The Morgan fingerprint density at radius 3 is 2.65 bits per heavy atom. The van der Waals surface area contributed by atoms with Gasteiger partial charge in [-0.25, -0.2) is 4.98 Å². The fourth-order valence-electron chi connectivity index (χ4n) is 3.52. The normalized spacial score (nSPS) is 13.9. The molecule has 1 aromatic carbocycles. The summed E-state index contributed by atoms with van der Waals surface area (Å²) < 4.78 is 1.30. The van der Waals surface area contributed by atoms with Crippen LogP contribution in [-0.4, -0.2) is 57.6 Å². The number of nitrogens with one attached hydrogen (secondary N) is 1. The second kappa shape index (κ2) is 9.07. The van der Waals surface area contributed by atoms with Gasteiger partial charge in [0.1, 0.15) is 6.54 Å². The standard InChI is InChI=1S/C21H26N8O2/c1-27(2)20-24-17(25-21(26-20)28-10-6-3-7-11-28)12-22-18(30)13-29-14-23-16-9-5-4-8-15(16)19(29)31/h4-5,8-9,14H,3,6-7,10-13H2,1-2H3,(H,22,30). The van der Waals surface area contributed by atoms with Crippen molar-refractivity contribution in [3.63, 3.8) is 0 Å². The minimum absolute atomic E-state index is 0.124. The molecule has 0 bridgehead atoms. The van der Waals surface area contributed by atoms with Crippen LogP contribution in [0, 0.1) is 0 Å². The molecule has 4 rings (SSSR count). The Hall–Kier alpha value is -3.56. The summed E-state index contributed by atoms with van der Waals surface area (Å²) >= 11 is 0. The third-order valence-corrected chi connectivity index (χ3v) is 5.19. The summed E-state index contributed by atoms with van der Waals surface area (Å²) in [6.45, 7) is 1.86. The fraction of sp³-hybridized carbons (Fsp3) is 0.429. The van der Waals surface area contributed by atoms with Gasteiger partial charge in [-0.05, 0) is 31.4 Å². The topological polar surface area (TPSA) is 109 Å². The predicted octanol–water partition coefficient (Wildman–Crippen LogP) is 0.954. The van der Waals surface area contributed by atoms with E-state index in [0.717, 1.165) is 25.9 Å². The van der Waals surface area contributed by atoms with Crippen LogP contribution in [0.15, 0.2) is 35.4 Å². The van der Waals surface area contributed by atoms with E-state index in [1.165, 1.54) is 17.3 Å². The molecule has 1 aliphatic heterocycles. The van der Waals surface area contributed by atoms with Crippen molar-refractivity contribution in [3.8, 4) is 0 Å². The van der Waals surface area contributed by atoms with Crippen LogP contribution in [0.5, 0.6) is 0 Å². The van der Waals surface area contributed by atoms with Crippen molar-refractivity contribution in [2.75, 3.05) is 37.0 Å². The second-order valence-corrected chi connectivity index (χ2v) is 7.77. The number of aromatic nitrogens is 5. The Labute approximate surface area is 180 Å². The number of carbonyl (C=O) groups excluding carboxylic acids is 1. The van der Waals surface area contributed by atoms with E-state index in [4.69, 9.17) is 0 Å². The van der Waals surface area contributed by atoms with Crippen molar-refractivity contribution in [1.82, 2.24) is 29.8 Å². The maximum Gasteiger partial charge on any atom is 0.261 e. The Kier molecular flexibility index (Phi) is 6.06. The van der Waals surface area contributed by atoms with E-state index in [0.29, 0.717) is 28.6 Å². The van der Waals surface area contributed by atoms with Crippen molar-refractivity contribution in [2.24, 2.45) is 0 Å². The maximum absolute atomic E-state index is 12.6. The third-order valence-electron chi connectivity index (χ3n) is 5.19. The fourth-order valence-corrected chi connectivity index (χ4v) is 3.52. The molecule has 31 heavy (non-hydrogen) atoms. The zero-order valence-corrected chi connectivity index (χ0v) is 17.8. The molecule has 0 atom stereocenters. The Morgan fingerprint density at radius 1 is 1.10 bits per heavy atom. The number of fused-ring (bicyclic) bond motifs is 1. The van der Waals surface area contributed by atoms with Gasteiger partial charge in [0.2, 0.25) is 17.8 Å². The van der Waals surface area contributed by atoms with Crippen LogP contribution in [0.4, 0.5) is 11.9 Å². The van der Waals surface area contributed by atoms with Crippen molar-refractivity contribution >= 4 is 28.7 Å². The number of amides is 1. The first kappa shape index (κ1) is 20.7. The van der Waals surface area contributed by atoms with Gasteiger partial charge in [-0.3, -0.25) is 14.2 Å². The average Bonchev–Trinajstić information content (AvgIpc) is 2.80. The molecule has 1 aliphatic rings. The van der Waals surface area contributed by atoms with E-state index < -0.39 is 0 Å². The molecule has 2 aromatic heterocycles. The van der Waals surface area contributed by atoms with E-state index >= 15 is 0 Å². The lowest BCUT2D eigenvalue weighted by molar-refractivity contribution is -0.121. The Balaban J connectivity index is 1.47. The smallest absolute Gasteiger partial charge is 0.261 e. The predicted molar refractivity (Wildman–Crippen MR) is 118 cm³/mol. The van der Waals surface area contributed by atoms with Gasteiger partial charge in [0, 0.05) is 27.2 Å². The van der Waals surface area contributed by atoms with Gasteiger partial charge in [0.05, 0.1) is 23.8 Å². The first-order chi connectivity index (χ1) is 15.0. The van der Waals surface area contributed by atoms with Crippen molar-refractivity contribution in [3.05, 3.63) is 46.8 Å². The van der Waals surface area contributed by atoms with E-state index in [9.17, 15) is 9.59 Å². The van der Waals surface area contributed by atoms with Crippen LogP contribution in [0.25, 0.3) is 10.9 Å². The maximum atomic E-state index is 12.6. The third kappa shape index (κ3) is 4.79. The summed E-state index contributed by atoms with van der Waals surface area (Å²) in [6, 6.07) is 7.07. The van der Waals surface area contributed by atoms with E-state index in [1.807, 2.05) is 25.1 Å². The molecule has 10 nitrogen and oxygen atoms in total. The first-order valence-electron chi connectivity index (χ1n) is 10.4. The number of benzene rings is 1. The van der Waals surface area contributed by atoms with E-state index in [2.05, 4.69) is 30.2 Å². The molecule has 0 aliphatic carbocycles. The molecule has 1 fully saturated rings. The van der Waals surface area contributed by atoms with Gasteiger partial charge < -0.3 is 15.1 Å². The monoisotopic (exact) mass is 422 g/mol. The Bertz CT molecular complexity index is 1140. The number of hydrogen-bond donors (Lipinski definition) is 1. The number of hydrogen-bond acceptors (Lipinski definition) is 8. The summed E-state index contributed by atoms with van der Waals surface area (Å²) in [4.78, 5) is 46.8. The molecule has 1 amide bonds. The highest BCUT2D eigenvalue weighted by Crippen LogP contribution is 2.17. The zero-order chi connectivity index (χ0) is 21.8. The zero-order valence-electron chi connectivity index (χ0n) is 17.8. The molecule has 0 saturated carbocycles. The molecule has 162 valence electrons. The molecule has 1 N–H and O–H groups in total. The number of rotatable bonds is 6. The van der Waals surface area contributed by atoms with Gasteiger partial charge in [-0.1, -0.05) is 12.1 Å². The van der Waals surface area contributed by atoms with Crippen LogP contribution >= 0.6 is 0 Å². The number of anilines is 2. The number of piperidine rings is 1. The van der Waals surface area contributed by atoms with Crippen LogP contribution < -0.4 is 20.7 Å². The number of carbonyl (C=O) groups is 1. The SMILES string of the molecule is CN(C)c1nc(CNC(=O)Cn2cnc3ccccc3c2=O)nc(N2CCCCC2)n1. The minimum atomic E-state index is -0.314. The van der Waals surface area contributed by atoms with E-state index in [-0.39, 0.29) is 24.6 Å². The average molecular weight is 422 g/mol.